The van der Waals surface area contributed by atoms with Crippen molar-refractivity contribution in [3.63, 3.8) is 0 Å². The Morgan fingerprint density at radius 3 is 3.36 bits per heavy atom. The Bertz CT molecular complexity index is 253. The van der Waals surface area contributed by atoms with Crippen LogP contribution in [0.4, 0.5) is 0 Å². The Balaban J connectivity index is 2.31. The third-order valence-corrected chi connectivity index (χ3v) is 2.44. The Kier molecular flexibility index (Phi) is 1.89. The van der Waals surface area contributed by atoms with Gasteiger partial charge in [0, 0.05) is 30.6 Å². The predicted molar refractivity (Wildman–Crippen MR) is 54.0 cm³/mol. The summed E-state index contributed by atoms with van der Waals surface area (Å²) in [5.41, 5.74) is 2.57. The zero-order chi connectivity index (χ0) is 7.68. The lowest BCUT2D eigenvalue weighted by Crippen LogP contribution is -2.23. The molecule has 2 rings (SSSR count). The highest BCUT2D eigenvalue weighted by molar-refractivity contribution is 14.1. The zero-order valence-electron chi connectivity index (χ0n) is 6.05. The van der Waals surface area contributed by atoms with Crippen molar-refractivity contribution in [1.29, 1.82) is 0 Å². The highest BCUT2D eigenvalue weighted by Gasteiger charge is 2.10. The van der Waals surface area contributed by atoms with Gasteiger partial charge in [-0.15, -0.1) is 0 Å². The lowest BCUT2D eigenvalue weighted by atomic mass is 10.1. The number of hydrogen-bond acceptors (Lipinski definition) is 2. The summed E-state index contributed by atoms with van der Waals surface area (Å²) in [5.74, 6) is 0. The molecule has 0 amide bonds. The van der Waals surface area contributed by atoms with Crippen LogP contribution in [-0.2, 0) is 0 Å². The van der Waals surface area contributed by atoms with Gasteiger partial charge < -0.3 is 8.43 Å². The van der Waals surface area contributed by atoms with Crippen molar-refractivity contribution in [2.45, 2.75) is 0 Å². The van der Waals surface area contributed by atoms with E-state index in [0.717, 1.165) is 13.1 Å². The fraction of sp³-hybridized carbons (Fsp3) is 0.250. The summed E-state index contributed by atoms with van der Waals surface area (Å²) in [4.78, 5) is 0. The number of rotatable bonds is 0. The van der Waals surface area contributed by atoms with Crippen molar-refractivity contribution in [2.24, 2.45) is 0 Å². The van der Waals surface area contributed by atoms with Crippen molar-refractivity contribution in [2.75, 3.05) is 13.1 Å². The first kappa shape index (κ1) is 7.21. The second-order valence-electron chi connectivity index (χ2n) is 2.57. The van der Waals surface area contributed by atoms with Gasteiger partial charge in [0.15, 0.2) is 0 Å². The van der Waals surface area contributed by atoms with Gasteiger partial charge in [-0.3, -0.25) is 0 Å². The third kappa shape index (κ3) is 1.42. The van der Waals surface area contributed by atoms with E-state index in [9.17, 15) is 0 Å². The molecule has 1 N–H and O–H groups in total. The monoisotopic (exact) mass is 260 g/mol. The van der Waals surface area contributed by atoms with Crippen molar-refractivity contribution in [1.82, 2.24) is 8.43 Å². The molecule has 58 valence electrons. The number of nitrogens with one attached hydrogen (secondary N) is 1. The Morgan fingerprint density at radius 1 is 1.55 bits per heavy atom. The molecular formula is C8H9IN2. The molecule has 0 aromatic carbocycles. The molecule has 2 heterocycles. The molecule has 2 aliphatic heterocycles. The van der Waals surface area contributed by atoms with Crippen LogP contribution in [0.5, 0.6) is 0 Å². The minimum atomic E-state index is 0.963. The van der Waals surface area contributed by atoms with Crippen LogP contribution in [-0.4, -0.2) is 16.2 Å². The second-order valence-corrected chi connectivity index (χ2v) is 3.81. The van der Waals surface area contributed by atoms with Crippen LogP contribution in [0.2, 0.25) is 0 Å². The smallest absolute Gasteiger partial charge is 0.0589 e. The molecule has 11 heavy (non-hydrogen) atoms. The summed E-state index contributed by atoms with van der Waals surface area (Å²) in [6.07, 6.45) is 8.66. The standard InChI is InChI=1S/C8H9IN2/c9-11-5-3-8-7(6-11)2-1-4-10-8/h1-3,6,10H,4-5H2. The van der Waals surface area contributed by atoms with Gasteiger partial charge >= 0.3 is 0 Å². The molecule has 0 unspecified atom stereocenters. The van der Waals surface area contributed by atoms with E-state index in [0.29, 0.717) is 0 Å². The fourth-order valence-corrected chi connectivity index (χ4v) is 1.73. The van der Waals surface area contributed by atoms with Gasteiger partial charge in [0.2, 0.25) is 0 Å². The quantitative estimate of drug-likeness (QED) is 0.525. The maximum Gasteiger partial charge on any atom is 0.0589 e. The van der Waals surface area contributed by atoms with E-state index in [4.69, 9.17) is 0 Å². The van der Waals surface area contributed by atoms with E-state index in [1.54, 1.807) is 0 Å². The Labute approximate surface area is 80.1 Å². The molecular weight excluding hydrogens is 251 g/mol. The van der Waals surface area contributed by atoms with Gasteiger partial charge in [-0.2, -0.15) is 0 Å². The van der Waals surface area contributed by atoms with Gasteiger partial charge in [-0.1, -0.05) is 12.2 Å². The number of halogens is 1. The fourth-order valence-electron chi connectivity index (χ4n) is 1.23. The third-order valence-electron chi connectivity index (χ3n) is 1.77. The highest BCUT2D eigenvalue weighted by atomic mass is 127. The zero-order valence-corrected chi connectivity index (χ0v) is 8.21. The summed E-state index contributed by atoms with van der Waals surface area (Å²) in [7, 11) is 0. The molecule has 0 aromatic rings. The van der Waals surface area contributed by atoms with Gasteiger partial charge in [0.25, 0.3) is 0 Å². The van der Waals surface area contributed by atoms with Crippen LogP contribution >= 0.6 is 22.9 Å². The molecule has 0 aromatic heterocycles. The van der Waals surface area contributed by atoms with E-state index in [1.807, 2.05) is 0 Å². The van der Waals surface area contributed by atoms with Gasteiger partial charge in [-0.05, 0) is 6.08 Å². The SMILES string of the molecule is IN1C=C2C=CCNC2=CC1. The topological polar surface area (TPSA) is 15.3 Å². The van der Waals surface area contributed by atoms with E-state index >= 15 is 0 Å². The molecule has 0 spiro atoms. The van der Waals surface area contributed by atoms with E-state index in [-0.39, 0.29) is 0 Å². The molecule has 0 bridgehead atoms. The average molecular weight is 260 g/mol. The number of nitrogens with zero attached hydrogens (tertiary/aromatic N) is 1. The summed E-state index contributed by atoms with van der Waals surface area (Å²) >= 11 is 2.30. The van der Waals surface area contributed by atoms with Crippen molar-refractivity contribution in [3.8, 4) is 0 Å². The van der Waals surface area contributed by atoms with Crippen LogP contribution in [0.25, 0.3) is 0 Å². The van der Waals surface area contributed by atoms with Crippen molar-refractivity contribution < 1.29 is 0 Å². The Morgan fingerprint density at radius 2 is 2.45 bits per heavy atom. The van der Waals surface area contributed by atoms with Crippen molar-refractivity contribution in [3.05, 3.63) is 35.7 Å². The first-order valence-corrected chi connectivity index (χ1v) is 4.58. The van der Waals surface area contributed by atoms with Gasteiger partial charge in [0.1, 0.15) is 0 Å². The molecule has 0 saturated heterocycles. The maximum atomic E-state index is 3.32. The largest absolute Gasteiger partial charge is 0.381 e. The first-order chi connectivity index (χ1) is 5.36. The Hall–Kier alpha value is -0.450. The second kappa shape index (κ2) is 2.89. The molecule has 0 fully saturated rings. The number of hydrogen-bond donors (Lipinski definition) is 1. The molecule has 2 aliphatic rings. The summed E-state index contributed by atoms with van der Waals surface area (Å²) in [6, 6.07) is 0. The lowest BCUT2D eigenvalue weighted by Gasteiger charge is -2.22. The number of fused-ring (bicyclic) bond motifs is 1. The van der Waals surface area contributed by atoms with Gasteiger partial charge in [0.05, 0.1) is 22.9 Å². The molecule has 0 saturated carbocycles. The predicted octanol–water partition coefficient (Wildman–Crippen LogP) is 1.58. The molecule has 2 nitrogen and oxygen atoms in total. The van der Waals surface area contributed by atoms with Gasteiger partial charge in [-0.25, -0.2) is 0 Å². The van der Waals surface area contributed by atoms with E-state index in [1.165, 1.54) is 11.3 Å². The van der Waals surface area contributed by atoms with Crippen LogP contribution in [0.1, 0.15) is 0 Å². The molecule has 0 aliphatic carbocycles. The van der Waals surface area contributed by atoms with Crippen LogP contribution in [0.3, 0.4) is 0 Å². The number of allylic oxidation sites excluding steroid dienone is 1. The summed E-state index contributed by atoms with van der Waals surface area (Å²) in [6.45, 7) is 1.96. The summed E-state index contributed by atoms with van der Waals surface area (Å²) < 4.78 is 2.15. The van der Waals surface area contributed by atoms with Crippen LogP contribution < -0.4 is 5.32 Å². The first-order valence-electron chi connectivity index (χ1n) is 3.61. The molecule has 3 heteroatoms. The maximum absolute atomic E-state index is 3.32. The minimum absolute atomic E-state index is 0.963. The van der Waals surface area contributed by atoms with Crippen LogP contribution in [0, 0.1) is 0 Å². The van der Waals surface area contributed by atoms with Crippen molar-refractivity contribution >= 4 is 22.9 Å². The van der Waals surface area contributed by atoms with E-state index < -0.39 is 0 Å². The normalized spacial score (nSPS) is 21.7. The average Bonchev–Trinajstić information content (AvgIpc) is 2.04. The van der Waals surface area contributed by atoms with Crippen LogP contribution in [0.15, 0.2) is 35.7 Å². The highest BCUT2D eigenvalue weighted by Crippen LogP contribution is 2.19. The minimum Gasteiger partial charge on any atom is -0.381 e. The van der Waals surface area contributed by atoms with E-state index in [2.05, 4.69) is 55.7 Å². The summed E-state index contributed by atoms with van der Waals surface area (Å²) in [5, 5.41) is 3.32. The molecule has 0 atom stereocenters. The lowest BCUT2D eigenvalue weighted by molar-refractivity contribution is 0.709. The molecule has 0 radical (unpaired) electrons.